The molecule has 1 aromatic rings. The molecule has 3 N–H and O–H groups in total. The Morgan fingerprint density at radius 1 is 1.47 bits per heavy atom. The van der Waals surface area contributed by atoms with Gasteiger partial charge < -0.3 is 15.8 Å². The van der Waals surface area contributed by atoms with Crippen molar-refractivity contribution in [1.82, 2.24) is 5.32 Å². The van der Waals surface area contributed by atoms with Crippen LogP contribution in [0.5, 0.6) is 5.75 Å². The molecule has 4 nitrogen and oxygen atoms in total. The molecule has 0 aliphatic heterocycles. The first-order chi connectivity index (χ1) is 8.98. The van der Waals surface area contributed by atoms with E-state index in [1.807, 2.05) is 0 Å². The number of nitrogen functional groups attached to an aromatic ring is 1. The fourth-order valence-electron chi connectivity index (χ4n) is 2.35. The molecule has 0 spiro atoms. The number of ether oxygens (including phenoxy) is 1. The number of amides is 1. The number of methoxy groups -OCH3 is 1. The Morgan fingerprint density at radius 3 is 2.63 bits per heavy atom. The van der Waals surface area contributed by atoms with Crippen molar-refractivity contribution < 1.29 is 9.53 Å². The van der Waals surface area contributed by atoms with E-state index in [0.717, 1.165) is 6.54 Å². The van der Waals surface area contributed by atoms with E-state index < -0.39 is 0 Å². The van der Waals surface area contributed by atoms with Crippen LogP contribution in [0.25, 0.3) is 0 Å². The zero-order valence-electron chi connectivity index (χ0n) is 11.8. The molecular formula is C15H22N2O2. The maximum absolute atomic E-state index is 12.1. The summed E-state index contributed by atoms with van der Waals surface area (Å²) in [5, 5.41) is 3.01. The molecule has 1 fully saturated rings. The molecule has 104 valence electrons. The molecule has 1 aromatic carbocycles. The standard InChI is InChI=1S/C15H22N2O2/c1-10(2)15(6-7-15)9-17-14(18)11-4-5-13(19-3)12(16)8-11/h4-5,8,10H,6-7,9,16H2,1-3H3,(H,17,18). The summed E-state index contributed by atoms with van der Waals surface area (Å²) in [4.78, 5) is 12.1. The van der Waals surface area contributed by atoms with Crippen molar-refractivity contribution in [1.29, 1.82) is 0 Å². The highest BCUT2D eigenvalue weighted by Crippen LogP contribution is 2.51. The van der Waals surface area contributed by atoms with Crippen LogP contribution >= 0.6 is 0 Å². The summed E-state index contributed by atoms with van der Waals surface area (Å²) < 4.78 is 5.08. The summed E-state index contributed by atoms with van der Waals surface area (Å²) in [6, 6.07) is 5.11. The Kier molecular flexibility index (Phi) is 3.69. The number of carbonyl (C=O) groups excluding carboxylic acids is 1. The predicted molar refractivity (Wildman–Crippen MR) is 76.2 cm³/mol. The van der Waals surface area contributed by atoms with Gasteiger partial charge in [-0.05, 0) is 42.4 Å². The number of anilines is 1. The first-order valence-electron chi connectivity index (χ1n) is 6.70. The average Bonchev–Trinajstić information content (AvgIpc) is 3.17. The van der Waals surface area contributed by atoms with Crippen molar-refractivity contribution in [3.05, 3.63) is 23.8 Å². The lowest BCUT2D eigenvalue weighted by molar-refractivity contribution is 0.0940. The summed E-state index contributed by atoms with van der Waals surface area (Å²) in [5.41, 5.74) is 7.19. The van der Waals surface area contributed by atoms with Crippen LogP contribution in [0, 0.1) is 11.3 Å². The van der Waals surface area contributed by atoms with Crippen LogP contribution in [0.4, 0.5) is 5.69 Å². The number of rotatable bonds is 5. The molecule has 0 bridgehead atoms. The Bertz CT molecular complexity index is 479. The van der Waals surface area contributed by atoms with Gasteiger partial charge in [0.1, 0.15) is 5.75 Å². The zero-order valence-corrected chi connectivity index (χ0v) is 11.8. The molecule has 1 aliphatic rings. The molecule has 1 saturated carbocycles. The Hall–Kier alpha value is -1.71. The van der Waals surface area contributed by atoms with Gasteiger partial charge in [0.05, 0.1) is 12.8 Å². The topological polar surface area (TPSA) is 64.3 Å². The summed E-state index contributed by atoms with van der Waals surface area (Å²) in [6.45, 7) is 5.17. The van der Waals surface area contributed by atoms with E-state index in [1.165, 1.54) is 12.8 Å². The maximum atomic E-state index is 12.1. The molecule has 1 aliphatic carbocycles. The number of nitrogens with two attached hydrogens (primary N) is 1. The van der Waals surface area contributed by atoms with Gasteiger partial charge in [0.2, 0.25) is 0 Å². The lowest BCUT2D eigenvalue weighted by Crippen LogP contribution is -2.32. The Labute approximate surface area is 114 Å². The van der Waals surface area contributed by atoms with Crippen molar-refractivity contribution in [2.45, 2.75) is 26.7 Å². The maximum Gasteiger partial charge on any atom is 0.251 e. The lowest BCUT2D eigenvalue weighted by atomic mass is 9.92. The lowest BCUT2D eigenvalue weighted by Gasteiger charge is -2.20. The second-order valence-corrected chi connectivity index (χ2v) is 5.66. The van der Waals surface area contributed by atoms with E-state index in [0.29, 0.717) is 28.3 Å². The fourth-order valence-corrected chi connectivity index (χ4v) is 2.35. The fraction of sp³-hybridized carbons (Fsp3) is 0.533. The van der Waals surface area contributed by atoms with Crippen molar-refractivity contribution in [2.75, 3.05) is 19.4 Å². The molecule has 4 heteroatoms. The van der Waals surface area contributed by atoms with Gasteiger partial charge in [0.25, 0.3) is 5.91 Å². The molecule has 0 unspecified atom stereocenters. The van der Waals surface area contributed by atoms with E-state index in [4.69, 9.17) is 10.5 Å². The first kappa shape index (κ1) is 13.7. The van der Waals surface area contributed by atoms with Crippen molar-refractivity contribution in [2.24, 2.45) is 11.3 Å². The molecule has 0 aromatic heterocycles. The van der Waals surface area contributed by atoms with Gasteiger partial charge in [-0.25, -0.2) is 0 Å². The van der Waals surface area contributed by atoms with Crippen LogP contribution in [-0.2, 0) is 0 Å². The van der Waals surface area contributed by atoms with Gasteiger partial charge in [-0.15, -0.1) is 0 Å². The Morgan fingerprint density at radius 2 is 2.16 bits per heavy atom. The third-order valence-corrected chi connectivity index (χ3v) is 4.21. The molecule has 0 atom stereocenters. The smallest absolute Gasteiger partial charge is 0.251 e. The summed E-state index contributed by atoms with van der Waals surface area (Å²) >= 11 is 0. The second kappa shape index (κ2) is 5.11. The van der Waals surface area contributed by atoms with Crippen molar-refractivity contribution >= 4 is 11.6 Å². The van der Waals surface area contributed by atoms with Gasteiger partial charge in [-0.2, -0.15) is 0 Å². The van der Waals surface area contributed by atoms with Crippen molar-refractivity contribution in [3.8, 4) is 5.75 Å². The highest BCUT2D eigenvalue weighted by Gasteiger charge is 2.45. The van der Waals surface area contributed by atoms with Gasteiger partial charge in [0, 0.05) is 12.1 Å². The van der Waals surface area contributed by atoms with E-state index in [1.54, 1.807) is 25.3 Å². The Balaban J connectivity index is 1.99. The van der Waals surface area contributed by atoms with Crippen LogP contribution in [0.1, 0.15) is 37.0 Å². The predicted octanol–water partition coefficient (Wildman–Crippen LogP) is 2.44. The largest absolute Gasteiger partial charge is 0.495 e. The number of hydrogen-bond acceptors (Lipinski definition) is 3. The SMILES string of the molecule is COc1ccc(C(=O)NCC2(C(C)C)CC2)cc1N. The summed E-state index contributed by atoms with van der Waals surface area (Å²) in [6.07, 6.45) is 2.41. The van der Waals surface area contributed by atoms with Crippen LogP contribution in [0.15, 0.2) is 18.2 Å². The van der Waals surface area contributed by atoms with E-state index in [9.17, 15) is 4.79 Å². The van der Waals surface area contributed by atoms with Gasteiger partial charge in [-0.1, -0.05) is 13.8 Å². The first-order valence-corrected chi connectivity index (χ1v) is 6.70. The molecule has 0 saturated heterocycles. The third-order valence-electron chi connectivity index (χ3n) is 4.21. The number of benzene rings is 1. The van der Waals surface area contributed by atoms with Gasteiger partial charge in [0.15, 0.2) is 0 Å². The van der Waals surface area contributed by atoms with E-state index in [-0.39, 0.29) is 5.91 Å². The van der Waals surface area contributed by atoms with Gasteiger partial charge >= 0.3 is 0 Å². The number of carbonyl (C=O) groups is 1. The molecule has 1 amide bonds. The average molecular weight is 262 g/mol. The molecular weight excluding hydrogens is 240 g/mol. The summed E-state index contributed by atoms with van der Waals surface area (Å²) in [7, 11) is 1.56. The van der Waals surface area contributed by atoms with Crippen LogP contribution in [-0.4, -0.2) is 19.6 Å². The monoisotopic (exact) mass is 262 g/mol. The van der Waals surface area contributed by atoms with Crippen LogP contribution in [0.3, 0.4) is 0 Å². The normalized spacial score (nSPS) is 16.2. The van der Waals surface area contributed by atoms with Crippen molar-refractivity contribution in [3.63, 3.8) is 0 Å². The third kappa shape index (κ3) is 2.83. The van der Waals surface area contributed by atoms with E-state index in [2.05, 4.69) is 19.2 Å². The molecule has 0 radical (unpaired) electrons. The summed E-state index contributed by atoms with van der Waals surface area (Å²) in [5.74, 6) is 1.13. The van der Waals surface area contributed by atoms with Gasteiger partial charge in [-0.3, -0.25) is 4.79 Å². The number of nitrogens with one attached hydrogen (secondary N) is 1. The highest BCUT2D eigenvalue weighted by molar-refractivity contribution is 5.95. The zero-order chi connectivity index (χ0) is 14.0. The van der Waals surface area contributed by atoms with Crippen LogP contribution in [0.2, 0.25) is 0 Å². The molecule has 2 rings (SSSR count). The minimum Gasteiger partial charge on any atom is -0.495 e. The minimum atomic E-state index is -0.0683. The van der Waals surface area contributed by atoms with E-state index >= 15 is 0 Å². The number of hydrogen-bond donors (Lipinski definition) is 2. The van der Waals surface area contributed by atoms with Crippen LogP contribution < -0.4 is 15.8 Å². The molecule has 0 heterocycles. The minimum absolute atomic E-state index is 0.0683. The second-order valence-electron chi connectivity index (χ2n) is 5.66. The highest BCUT2D eigenvalue weighted by atomic mass is 16.5. The molecule has 19 heavy (non-hydrogen) atoms. The quantitative estimate of drug-likeness (QED) is 0.801.